The summed E-state index contributed by atoms with van der Waals surface area (Å²) in [6, 6.07) is 0. The van der Waals surface area contributed by atoms with Crippen molar-refractivity contribution in [1.82, 2.24) is 4.90 Å². The van der Waals surface area contributed by atoms with E-state index in [-0.39, 0.29) is 0 Å². The number of piperidine rings is 1. The Hall–Kier alpha value is -0.0800. The summed E-state index contributed by atoms with van der Waals surface area (Å²) in [5, 5.41) is 0. The van der Waals surface area contributed by atoms with Crippen molar-refractivity contribution in [3.05, 3.63) is 0 Å². The third kappa shape index (κ3) is 5.53. The zero-order valence-corrected chi connectivity index (χ0v) is 10.7. The molecule has 2 heteroatoms. The summed E-state index contributed by atoms with van der Waals surface area (Å²) in [5.41, 5.74) is 0. The number of hydrogen-bond donors (Lipinski definition) is 0. The summed E-state index contributed by atoms with van der Waals surface area (Å²) >= 11 is 0. The molecule has 0 aromatic rings. The molecule has 90 valence electrons. The molecule has 15 heavy (non-hydrogen) atoms. The van der Waals surface area contributed by atoms with Crippen LogP contribution in [0.3, 0.4) is 0 Å². The van der Waals surface area contributed by atoms with Gasteiger partial charge in [-0.2, -0.15) is 0 Å². The molecular weight excluding hydrogens is 186 g/mol. The highest BCUT2D eigenvalue weighted by molar-refractivity contribution is 4.72. The normalized spacial score (nSPS) is 20.0. The Morgan fingerprint density at radius 2 is 1.93 bits per heavy atom. The first-order valence-electron chi connectivity index (χ1n) is 6.56. The van der Waals surface area contributed by atoms with Crippen molar-refractivity contribution >= 4 is 0 Å². The summed E-state index contributed by atoms with van der Waals surface area (Å²) < 4.78 is 5.68. The SMILES string of the molecule is CCCCN1CCC(COC(C)C)CC1. The minimum Gasteiger partial charge on any atom is -0.379 e. The van der Waals surface area contributed by atoms with Crippen LogP contribution in [0.1, 0.15) is 46.5 Å². The van der Waals surface area contributed by atoms with Gasteiger partial charge in [0.25, 0.3) is 0 Å². The Morgan fingerprint density at radius 1 is 1.27 bits per heavy atom. The van der Waals surface area contributed by atoms with Gasteiger partial charge in [-0.05, 0) is 58.7 Å². The topological polar surface area (TPSA) is 12.5 Å². The van der Waals surface area contributed by atoms with Gasteiger partial charge in [-0.15, -0.1) is 0 Å². The summed E-state index contributed by atoms with van der Waals surface area (Å²) in [7, 11) is 0. The van der Waals surface area contributed by atoms with Gasteiger partial charge in [-0.1, -0.05) is 13.3 Å². The molecule has 1 fully saturated rings. The van der Waals surface area contributed by atoms with Crippen molar-refractivity contribution in [2.24, 2.45) is 5.92 Å². The molecule has 0 amide bonds. The Labute approximate surface area is 95.0 Å². The maximum atomic E-state index is 5.68. The molecular formula is C13H27NO. The summed E-state index contributed by atoms with van der Waals surface area (Å²) in [6.45, 7) is 11.3. The van der Waals surface area contributed by atoms with Crippen LogP contribution < -0.4 is 0 Å². The van der Waals surface area contributed by atoms with Crippen LogP contribution in [0.4, 0.5) is 0 Å². The molecule has 1 heterocycles. The lowest BCUT2D eigenvalue weighted by atomic mass is 9.97. The average Bonchev–Trinajstić information content (AvgIpc) is 2.25. The second-order valence-corrected chi connectivity index (χ2v) is 5.02. The van der Waals surface area contributed by atoms with Crippen LogP contribution in [-0.2, 0) is 4.74 Å². The second-order valence-electron chi connectivity index (χ2n) is 5.02. The maximum Gasteiger partial charge on any atom is 0.0519 e. The molecule has 0 N–H and O–H groups in total. The van der Waals surface area contributed by atoms with Crippen LogP contribution in [0.2, 0.25) is 0 Å². The van der Waals surface area contributed by atoms with Crippen molar-refractivity contribution in [2.75, 3.05) is 26.2 Å². The van der Waals surface area contributed by atoms with Crippen molar-refractivity contribution in [1.29, 1.82) is 0 Å². The first kappa shape index (κ1) is 13.0. The van der Waals surface area contributed by atoms with E-state index in [1.54, 1.807) is 0 Å². The van der Waals surface area contributed by atoms with E-state index in [0.29, 0.717) is 6.10 Å². The second kappa shape index (κ2) is 7.24. The quantitative estimate of drug-likeness (QED) is 0.672. The minimum absolute atomic E-state index is 0.392. The highest BCUT2D eigenvalue weighted by atomic mass is 16.5. The molecule has 0 aromatic carbocycles. The minimum atomic E-state index is 0.392. The van der Waals surface area contributed by atoms with E-state index < -0.39 is 0 Å². The van der Waals surface area contributed by atoms with Gasteiger partial charge in [0.15, 0.2) is 0 Å². The van der Waals surface area contributed by atoms with E-state index in [4.69, 9.17) is 4.74 Å². The highest BCUT2D eigenvalue weighted by Crippen LogP contribution is 2.18. The van der Waals surface area contributed by atoms with Crippen LogP contribution >= 0.6 is 0 Å². The molecule has 0 atom stereocenters. The molecule has 1 aliphatic rings. The van der Waals surface area contributed by atoms with Crippen molar-refractivity contribution < 1.29 is 4.74 Å². The van der Waals surface area contributed by atoms with Gasteiger partial charge >= 0.3 is 0 Å². The van der Waals surface area contributed by atoms with Crippen LogP contribution in [-0.4, -0.2) is 37.2 Å². The Bertz CT molecular complexity index is 151. The Morgan fingerprint density at radius 3 is 2.47 bits per heavy atom. The third-order valence-electron chi connectivity index (χ3n) is 3.20. The van der Waals surface area contributed by atoms with E-state index in [1.807, 2.05) is 0 Å². The Kier molecular flexibility index (Phi) is 6.26. The van der Waals surface area contributed by atoms with Crippen molar-refractivity contribution in [3.63, 3.8) is 0 Å². The molecule has 0 saturated carbocycles. The van der Waals surface area contributed by atoms with Crippen molar-refractivity contribution in [3.8, 4) is 0 Å². The van der Waals surface area contributed by atoms with Crippen LogP contribution in [0.15, 0.2) is 0 Å². The molecule has 1 saturated heterocycles. The number of nitrogens with zero attached hydrogens (tertiary/aromatic N) is 1. The van der Waals surface area contributed by atoms with E-state index in [1.165, 1.54) is 45.3 Å². The Balaban J connectivity index is 2.07. The number of likely N-dealkylation sites (tertiary alicyclic amines) is 1. The lowest BCUT2D eigenvalue weighted by molar-refractivity contribution is 0.0305. The molecule has 2 nitrogen and oxygen atoms in total. The first-order chi connectivity index (χ1) is 7.22. The van der Waals surface area contributed by atoms with Crippen LogP contribution in [0.25, 0.3) is 0 Å². The van der Waals surface area contributed by atoms with Gasteiger partial charge in [-0.25, -0.2) is 0 Å². The van der Waals surface area contributed by atoms with Gasteiger partial charge in [0.1, 0.15) is 0 Å². The summed E-state index contributed by atoms with van der Waals surface area (Å²) in [5.74, 6) is 0.810. The molecule has 1 aliphatic heterocycles. The zero-order valence-electron chi connectivity index (χ0n) is 10.7. The number of hydrogen-bond acceptors (Lipinski definition) is 2. The van der Waals surface area contributed by atoms with Crippen LogP contribution in [0, 0.1) is 5.92 Å². The monoisotopic (exact) mass is 213 g/mol. The average molecular weight is 213 g/mol. The summed E-state index contributed by atoms with van der Waals surface area (Å²) in [6.07, 6.45) is 5.72. The van der Waals surface area contributed by atoms with Gasteiger partial charge in [0.05, 0.1) is 6.10 Å². The third-order valence-corrected chi connectivity index (χ3v) is 3.20. The fourth-order valence-electron chi connectivity index (χ4n) is 2.09. The summed E-state index contributed by atoms with van der Waals surface area (Å²) in [4.78, 5) is 2.61. The predicted molar refractivity (Wildman–Crippen MR) is 65.2 cm³/mol. The van der Waals surface area contributed by atoms with Gasteiger partial charge < -0.3 is 9.64 Å². The number of ether oxygens (including phenoxy) is 1. The molecule has 0 spiro atoms. The standard InChI is InChI=1S/C13H27NO/c1-4-5-8-14-9-6-13(7-10-14)11-15-12(2)3/h12-13H,4-11H2,1-3H3. The lowest BCUT2D eigenvalue weighted by Crippen LogP contribution is -2.35. The molecule has 0 bridgehead atoms. The van der Waals surface area contributed by atoms with E-state index in [0.717, 1.165) is 12.5 Å². The molecule has 0 radical (unpaired) electrons. The molecule has 0 aromatic heterocycles. The fraction of sp³-hybridized carbons (Fsp3) is 1.00. The fourth-order valence-corrected chi connectivity index (χ4v) is 2.09. The lowest BCUT2D eigenvalue weighted by Gasteiger charge is -2.32. The first-order valence-corrected chi connectivity index (χ1v) is 6.56. The van der Waals surface area contributed by atoms with Gasteiger partial charge in [-0.3, -0.25) is 0 Å². The molecule has 0 aliphatic carbocycles. The van der Waals surface area contributed by atoms with E-state index >= 15 is 0 Å². The number of unbranched alkanes of at least 4 members (excludes halogenated alkanes) is 1. The molecule has 1 rings (SSSR count). The van der Waals surface area contributed by atoms with E-state index in [2.05, 4.69) is 25.7 Å². The smallest absolute Gasteiger partial charge is 0.0519 e. The molecule has 0 unspecified atom stereocenters. The maximum absolute atomic E-state index is 5.68. The van der Waals surface area contributed by atoms with Crippen molar-refractivity contribution in [2.45, 2.75) is 52.6 Å². The number of rotatable bonds is 6. The van der Waals surface area contributed by atoms with Crippen LogP contribution in [0.5, 0.6) is 0 Å². The van der Waals surface area contributed by atoms with Gasteiger partial charge in [0.2, 0.25) is 0 Å². The van der Waals surface area contributed by atoms with E-state index in [9.17, 15) is 0 Å². The zero-order chi connectivity index (χ0) is 11.1. The predicted octanol–water partition coefficient (Wildman–Crippen LogP) is 2.92. The van der Waals surface area contributed by atoms with Gasteiger partial charge in [0, 0.05) is 6.61 Å². The largest absolute Gasteiger partial charge is 0.379 e. The highest BCUT2D eigenvalue weighted by Gasteiger charge is 2.18.